The van der Waals surface area contributed by atoms with Gasteiger partial charge in [0, 0.05) is 37.3 Å². The number of amides is 8. The van der Waals surface area contributed by atoms with Gasteiger partial charge in [0.15, 0.2) is 17.7 Å². The fourth-order valence-electron chi connectivity index (χ4n) is 7.22. The Labute approximate surface area is 407 Å². The van der Waals surface area contributed by atoms with Crippen LogP contribution in [0.2, 0.25) is 0 Å². The van der Waals surface area contributed by atoms with Gasteiger partial charge in [0.25, 0.3) is 11.8 Å². The van der Waals surface area contributed by atoms with E-state index in [1.54, 1.807) is 46.8 Å². The molecule has 1 fully saturated rings. The van der Waals surface area contributed by atoms with Crippen molar-refractivity contribution < 1.29 is 67.9 Å². The number of hydrogen-bond acceptors (Lipinski definition) is 18. The number of aromatic amines is 1. The van der Waals surface area contributed by atoms with Crippen LogP contribution in [0.4, 0.5) is 21.1 Å². The van der Waals surface area contributed by atoms with Gasteiger partial charge in [-0.05, 0) is 70.6 Å². The van der Waals surface area contributed by atoms with Crippen LogP contribution in [-0.4, -0.2) is 162 Å². The zero-order valence-electron chi connectivity index (χ0n) is 40.1. The maximum absolute atomic E-state index is 13.8. The van der Waals surface area contributed by atoms with Crippen molar-refractivity contribution in [1.29, 1.82) is 0 Å². The second-order valence-corrected chi connectivity index (χ2v) is 18.1. The predicted molar refractivity (Wildman–Crippen MR) is 250 cm³/mol. The van der Waals surface area contributed by atoms with Gasteiger partial charge in [0.2, 0.25) is 23.6 Å². The summed E-state index contributed by atoms with van der Waals surface area (Å²) in [6, 6.07) is 1.49. The van der Waals surface area contributed by atoms with Gasteiger partial charge in [-0.3, -0.25) is 33.7 Å². The Morgan fingerprint density at radius 1 is 0.873 bits per heavy atom. The highest BCUT2D eigenvalue weighted by Crippen LogP contribution is 2.25. The number of nitrogens with one attached hydrogen (secondary N) is 8. The average molecular weight is 995 g/mol. The fraction of sp³-hybridized carbons (Fsp3) is 0.533. The maximum Gasteiger partial charge on any atom is 0.408 e. The van der Waals surface area contributed by atoms with Crippen LogP contribution >= 0.6 is 0 Å². The second kappa shape index (κ2) is 25.0. The van der Waals surface area contributed by atoms with E-state index in [1.807, 2.05) is 0 Å². The Kier molecular flexibility index (Phi) is 19.3. The summed E-state index contributed by atoms with van der Waals surface area (Å²) >= 11 is 0. The van der Waals surface area contributed by atoms with Crippen molar-refractivity contribution in [3.63, 3.8) is 0 Å². The Balaban J connectivity index is 1.13. The Morgan fingerprint density at radius 2 is 1.58 bits per heavy atom. The molecule has 5 rings (SSSR count). The van der Waals surface area contributed by atoms with Crippen molar-refractivity contribution in [3.8, 4) is 0 Å². The minimum Gasteiger partial charge on any atom is -0.445 e. The summed E-state index contributed by atoms with van der Waals surface area (Å²) in [4.78, 5) is 118. The first-order valence-corrected chi connectivity index (χ1v) is 22.9. The number of alkyl carbamates (subject to hydrolysis) is 2. The van der Waals surface area contributed by atoms with E-state index in [-0.39, 0.29) is 44.3 Å². The van der Waals surface area contributed by atoms with Crippen LogP contribution in [0.25, 0.3) is 11.2 Å². The largest absolute Gasteiger partial charge is 0.445 e. The summed E-state index contributed by atoms with van der Waals surface area (Å²) in [5, 5.41) is 51.0. The summed E-state index contributed by atoms with van der Waals surface area (Å²) < 4.78 is 16.5. The molecule has 2 aliphatic rings. The molecule has 26 heteroatoms. The van der Waals surface area contributed by atoms with Crippen LogP contribution in [0.3, 0.4) is 0 Å². The lowest BCUT2D eigenvalue weighted by molar-refractivity contribution is -0.185. The molecule has 0 saturated carbocycles. The van der Waals surface area contributed by atoms with Gasteiger partial charge in [-0.2, -0.15) is 0 Å². The molecule has 0 aliphatic carbocycles. The highest BCUT2D eigenvalue weighted by atomic mass is 16.6. The minimum absolute atomic E-state index is 0.0222. The number of nitrogens with zero attached hydrogens (tertiary/aromatic N) is 4. The number of hydrogen-bond donors (Lipinski definition) is 11. The molecule has 26 nitrogen and oxygen atoms in total. The fourth-order valence-corrected chi connectivity index (χ4v) is 7.22. The number of fused-ring (bicyclic) bond motifs is 1. The normalized spacial score (nSPS) is 20.1. The van der Waals surface area contributed by atoms with Crippen LogP contribution < -0.4 is 37.2 Å². The van der Waals surface area contributed by atoms with E-state index in [1.165, 1.54) is 31.7 Å². The first-order chi connectivity index (χ1) is 33.6. The number of H-pyrrole nitrogens is 1. The first kappa shape index (κ1) is 54.6. The van der Waals surface area contributed by atoms with Crippen LogP contribution in [0.15, 0.2) is 49.1 Å². The van der Waals surface area contributed by atoms with Crippen molar-refractivity contribution in [2.45, 2.75) is 128 Å². The van der Waals surface area contributed by atoms with Crippen molar-refractivity contribution in [2.24, 2.45) is 5.92 Å². The number of aliphatic hydroxyl groups excluding tert-OH is 3. The summed E-state index contributed by atoms with van der Waals surface area (Å²) in [6.07, 6.45) is -2.22. The Bertz CT molecular complexity index is 2390. The molecule has 11 N–H and O–H groups in total. The van der Waals surface area contributed by atoms with Crippen LogP contribution in [0.1, 0.15) is 72.8 Å². The van der Waals surface area contributed by atoms with E-state index in [0.29, 0.717) is 35.3 Å². The molecule has 1 aromatic carbocycles. The molecule has 8 atom stereocenters. The molecular formula is C45H62N12O14. The molecule has 0 bridgehead atoms. The van der Waals surface area contributed by atoms with Crippen molar-refractivity contribution in [1.82, 2.24) is 51.4 Å². The van der Waals surface area contributed by atoms with Gasteiger partial charge in [-0.1, -0.05) is 26.0 Å². The number of unbranched alkanes of at least 4 members (excludes halogenated alkanes) is 1. The molecule has 4 heterocycles. The molecule has 0 spiro atoms. The molecule has 1 saturated heterocycles. The summed E-state index contributed by atoms with van der Waals surface area (Å²) in [5.74, 6) is -3.84. The van der Waals surface area contributed by atoms with Gasteiger partial charge in [0.1, 0.15) is 60.5 Å². The number of carbonyl (C=O) groups excluding carboxylic acids is 8. The lowest BCUT2D eigenvalue weighted by Gasteiger charge is -2.43. The molecule has 3 aromatic rings. The number of imide groups is 1. The Hall–Kier alpha value is -7.29. The number of rotatable bonds is 22. The number of aliphatic hydroxyl groups is 3. The maximum atomic E-state index is 13.8. The monoisotopic (exact) mass is 994 g/mol. The van der Waals surface area contributed by atoms with Crippen LogP contribution in [0, 0.1) is 5.92 Å². The zero-order chi connectivity index (χ0) is 52.0. The number of carbonyl (C=O) groups is 8. The van der Waals surface area contributed by atoms with E-state index in [0.717, 1.165) is 17.1 Å². The topological polar surface area (TPSA) is 367 Å². The molecule has 71 heavy (non-hydrogen) atoms. The standard InChI is InChI=1S/C45H62N12O14/c1-23(2)32(54-29(59)16-18-57-30(60)14-15-31(57)61)41(66)51-24(3)39(64)52-26-12-10-25(11-13-26)20-69-44(68)53-27(9-7-8-17-46-43(67)71-45(4,5)6)40(65)55-33-28(19-58)70-42(36(63)35(33)62)56-38-34-37(48-21-47-34)49-22-50-38/h10-15,21-24,27-28,32-33,35-36,42,58,62-63H,7-9,16-20H2,1-6H3,(H,46,67)(H,51,66)(H,52,64)(H,53,68)(H,54,59)(H,55,65)(H2,47,48,49,50,56)/t24-,27+,28-,32-,33-,35+,36-,42-/m0/s1. The third kappa shape index (κ3) is 15.9. The van der Waals surface area contributed by atoms with Gasteiger partial charge in [-0.15, -0.1) is 0 Å². The number of ether oxygens (including phenoxy) is 3. The smallest absolute Gasteiger partial charge is 0.408 e. The molecule has 0 radical (unpaired) electrons. The third-order valence-electron chi connectivity index (χ3n) is 11.0. The van der Waals surface area contributed by atoms with Crippen molar-refractivity contribution in [2.75, 3.05) is 30.3 Å². The molecule has 2 aliphatic heterocycles. The molecule has 0 unspecified atom stereocenters. The third-order valence-corrected chi connectivity index (χ3v) is 11.0. The number of anilines is 2. The Morgan fingerprint density at radius 3 is 2.24 bits per heavy atom. The van der Waals surface area contributed by atoms with E-state index < -0.39 is 109 Å². The molecule has 8 amide bonds. The molecular weight excluding hydrogens is 933 g/mol. The zero-order valence-corrected chi connectivity index (χ0v) is 40.1. The lowest BCUT2D eigenvalue weighted by atomic mass is 9.94. The quantitative estimate of drug-likeness (QED) is 0.0450. The number of imidazole rings is 1. The van der Waals surface area contributed by atoms with Crippen LogP contribution in [0.5, 0.6) is 0 Å². The van der Waals surface area contributed by atoms with Crippen molar-refractivity contribution in [3.05, 3.63) is 54.6 Å². The summed E-state index contributed by atoms with van der Waals surface area (Å²) in [7, 11) is 0. The highest BCUT2D eigenvalue weighted by molar-refractivity contribution is 6.13. The van der Waals surface area contributed by atoms with E-state index in [4.69, 9.17) is 14.2 Å². The highest BCUT2D eigenvalue weighted by Gasteiger charge is 2.46. The number of aromatic nitrogens is 4. The van der Waals surface area contributed by atoms with Gasteiger partial charge >= 0.3 is 12.2 Å². The second-order valence-electron chi connectivity index (χ2n) is 18.1. The predicted octanol–water partition coefficient (Wildman–Crippen LogP) is -0.422. The van der Waals surface area contributed by atoms with Gasteiger partial charge in [0.05, 0.1) is 19.0 Å². The van der Waals surface area contributed by atoms with E-state index in [2.05, 4.69) is 57.2 Å². The summed E-state index contributed by atoms with van der Waals surface area (Å²) in [6.45, 7) is 9.06. The van der Waals surface area contributed by atoms with Gasteiger partial charge in [-0.25, -0.2) is 24.5 Å². The van der Waals surface area contributed by atoms with Gasteiger partial charge < -0.3 is 71.7 Å². The first-order valence-electron chi connectivity index (χ1n) is 22.9. The molecule has 2 aromatic heterocycles. The minimum atomic E-state index is -1.68. The average Bonchev–Trinajstić information content (AvgIpc) is 3.93. The van der Waals surface area contributed by atoms with E-state index >= 15 is 0 Å². The molecule has 386 valence electrons. The van der Waals surface area contributed by atoms with Crippen LogP contribution in [-0.2, 0) is 49.6 Å². The van der Waals surface area contributed by atoms with E-state index in [9.17, 15) is 53.7 Å². The lowest BCUT2D eigenvalue weighted by Crippen LogP contribution is -2.67. The summed E-state index contributed by atoms with van der Waals surface area (Å²) in [5.41, 5.74) is 0.813. The number of benzene rings is 1. The SMILES string of the molecule is CC(C)[C@H](NC(=O)CCN1C(=O)C=CC1=O)C(=O)N[C@@H](C)C(=O)Nc1ccc(COC(=O)N[C@H](CCCCNC(=O)OC(C)(C)C)C(=O)N[C@@H]2[C@@H](O)[C@H](O)[C@@H](Nc3ncnc4nc[nH]c34)O[C@H]2CO)cc1. The van der Waals surface area contributed by atoms with Crippen molar-refractivity contribution >= 4 is 70.3 Å².